The fourth-order valence-corrected chi connectivity index (χ4v) is 4.86. The minimum absolute atomic E-state index is 0. The van der Waals surface area contributed by atoms with Crippen LogP contribution in [0.25, 0.3) is 22.2 Å². The van der Waals surface area contributed by atoms with Crippen molar-refractivity contribution in [3.63, 3.8) is 0 Å². The van der Waals surface area contributed by atoms with E-state index >= 15 is 0 Å². The standard InChI is InChI=1S/C23H27FN4O4S.ClH/c1-23(2,3)27-33(30,31)18-7-5-6-15(10-18)19-11-16(22(29)32-4)12-20-21(19)26-14-28(20)13-17(24)8-9-25;/h5-8,10-12,14,27H,9,13,25H2,1-4H3;1H/b17-8-;. The summed E-state index contributed by atoms with van der Waals surface area (Å²) < 4.78 is 48.9. The Morgan fingerprint density at radius 2 is 1.97 bits per heavy atom. The number of carbonyl (C=O) groups is 1. The summed E-state index contributed by atoms with van der Waals surface area (Å²) in [5.74, 6) is -1.02. The molecule has 1 aromatic heterocycles. The van der Waals surface area contributed by atoms with E-state index in [2.05, 4.69) is 9.71 Å². The molecular weight excluding hydrogens is 483 g/mol. The van der Waals surface area contributed by atoms with Gasteiger partial charge in [-0.25, -0.2) is 27.3 Å². The Balaban J connectivity index is 0.00000408. The summed E-state index contributed by atoms with van der Waals surface area (Å²) in [6.07, 6.45) is 2.72. The number of fused-ring (bicyclic) bond motifs is 1. The number of sulfonamides is 1. The molecule has 0 aliphatic rings. The number of hydrogen-bond acceptors (Lipinski definition) is 6. The molecule has 2 aromatic carbocycles. The van der Waals surface area contributed by atoms with Crippen molar-refractivity contribution in [1.29, 1.82) is 0 Å². The average molecular weight is 511 g/mol. The van der Waals surface area contributed by atoms with E-state index < -0.39 is 27.4 Å². The molecule has 11 heteroatoms. The largest absolute Gasteiger partial charge is 0.465 e. The van der Waals surface area contributed by atoms with Gasteiger partial charge in [-0.3, -0.25) is 0 Å². The van der Waals surface area contributed by atoms with Gasteiger partial charge in [-0.05, 0) is 56.7 Å². The fourth-order valence-electron chi connectivity index (χ4n) is 3.39. The van der Waals surface area contributed by atoms with Crippen LogP contribution in [0.2, 0.25) is 0 Å². The first-order valence-corrected chi connectivity index (χ1v) is 11.7. The predicted octanol–water partition coefficient (Wildman–Crippen LogP) is 3.80. The van der Waals surface area contributed by atoms with Crippen LogP contribution in [0, 0.1) is 0 Å². The number of rotatable bonds is 7. The zero-order valence-corrected chi connectivity index (χ0v) is 21.0. The summed E-state index contributed by atoms with van der Waals surface area (Å²) in [6.45, 7) is 5.21. The molecule has 3 N–H and O–H groups in total. The van der Waals surface area contributed by atoms with E-state index in [9.17, 15) is 17.6 Å². The third-order valence-corrected chi connectivity index (χ3v) is 6.46. The monoisotopic (exact) mass is 510 g/mol. The molecule has 0 amide bonds. The maximum atomic E-state index is 14.1. The summed E-state index contributed by atoms with van der Waals surface area (Å²) in [4.78, 5) is 16.8. The molecule has 0 atom stereocenters. The third-order valence-electron chi connectivity index (χ3n) is 4.70. The van der Waals surface area contributed by atoms with E-state index in [0.29, 0.717) is 22.2 Å². The van der Waals surface area contributed by atoms with E-state index in [4.69, 9.17) is 10.5 Å². The molecule has 184 valence electrons. The van der Waals surface area contributed by atoms with E-state index in [1.165, 1.54) is 31.6 Å². The normalized spacial score (nSPS) is 12.5. The van der Waals surface area contributed by atoms with Crippen molar-refractivity contribution >= 4 is 39.4 Å². The number of imidazole rings is 1. The Kier molecular flexibility index (Phi) is 8.59. The lowest BCUT2D eigenvalue weighted by Gasteiger charge is -2.20. The highest BCUT2D eigenvalue weighted by Gasteiger charge is 2.23. The predicted molar refractivity (Wildman–Crippen MR) is 132 cm³/mol. The highest BCUT2D eigenvalue weighted by atomic mass is 35.5. The molecule has 3 rings (SSSR count). The molecule has 3 aromatic rings. The zero-order valence-electron chi connectivity index (χ0n) is 19.3. The van der Waals surface area contributed by atoms with Gasteiger partial charge in [-0.15, -0.1) is 12.4 Å². The van der Waals surface area contributed by atoms with Gasteiger partial charge in [0, 0.05) is 17.6 Å². The van der Waals surface area contributed by atoms with Crippen LogP contribution in [0.3, 0.4) is 0 Å². The van der Waals surface area contributed by atoms with Gasteiger partial charge < -0.3 is 15.0 Å². The molecule has 0 bridgehead atoms. The minimum Gasteiger partial charge on any atom is -0.465 e. The molecular formula is C23H28ClFN4O4S. The highest BCUT2D eigenvalue weighted by molar-refractivity contribution is 7.89. The fraction of sp³-hybridized carbons (Fsp3) is 0.304. The van der Waals surface area contributed by atoms with Gasteiger partial charge in [0.25, 0.3) is 0 Å². The molecule has 0 saturated carbocycles. The highest BCUT2D eigenvalue weighted by Crippen LogP contribution is 2.31. The molecule has 0 saturated heterocycles. The first-order chi connectivity index (χ1) is 15.4. The first-order valence-electron chi connectivity index (χ1n) is 10.2. The van der Waals surface area contributed by atoms with E-state index in [1.54, 1.807) is 49.6 Å². The van der Waals surface area contributed by atoms with Gasteiger partial charge in [-0.1, -0.05) is 12.1 Å². The van der Waals surface area contributed by atoms with Crippen molar-refractivity contribution in [2.75, 3.05) is 13.7 Å². The maximum absolute atomic E-state index is 14.1. The Morgan fingerprint density at radius 1 is 1.26 bits per heavy atom. The van der Waals surface area contributed by atoms with Crippen molar-refractivity contribution in [2.24, 2.45) is 5.73 Å². The third kappa shape index (κ3) is 6.20. The van der Waals surface area contributed by atoms with Crippen LogP contribution in [-0.4, -0.2) is 43.1 Å². The van der Waals surface area contributed by atoms with Gasteiger partial charge in [0.1, 0.15) is 5.83 Å². The van der Waals surface area contributed by atoms with Crippen LogP contribution in [0.1, 0.15) is 31.1 Å². The van der Waals surface area contributed by atoms with Crippen LogP contribution in [0.4, 0.5) is 4.39 Å². The van der Waals surface area contributed by atoms with Gasteiger partial charge in [0.2, 0.25) is 10.0 Å². The number of nitrogens with one attached hydrogen (secondary N) is 1. The molecule has 1 heterocycles. The lowest BCUT2D eigenvalue weighted by atomic mass is 10.0. The summed E-state index contributed by atoms with van der Waals surface area (Å²) >= 11 is 0. The Morgan fingerprint density at radius 3 is 2.59 bits per heavy atom. The number of nitrogens with zero attached hydrogens (tertiary/aromatic N) is 2. The van der Waals surface area contributed by atoms with Crippen molar-refractivity contribution in [2.45, 2.75) is 37.8 Å². The summed E-state index contributed by atoms with van der Waals surface area (Å²) in [5.41, 5.74) is 6.98. The number of allylic oxidation sites excluding steroid dienone is 1. The second-order valence-corrected chi connectivity index (χ2v) is 10.2. The van der Waals surface area contributed by atoms with Crippen molar-refractivity contribution < 1.29 is 22.3 Å². The quantitative estimate of drug-likeness (QED) is 0.467. The Hall–Kier alpha value is -2.79. The van der Waals surface area contributed by atoms with E-state index in [0.717, 1.165) is 0 Å². The van der Waals surface area contributed by atoms with Crippen molar-refractivity contribution in [3.05, 3.63) is 60.2 Å². The van der Waals surface area contributed by atoms with Crippen molar-refractivity contribution in [1.82, 2.24) is 14.3 Å². The van der Waals surface area contributed by atoms with Gasteiger partial charge in [0.15, 0.2) is 0 Å². The van der Waals surface area contributed by atoms with Crippen LogP contribution in [0.5, 0.6) is 0 Å². The number of esters is 1. The number of benzene rings is 2. The van der Waals surface area contributed by atoms with Crippen LogP contribution < -0.4 is 10.5 Å². The number of carbonyl (C=O) groups excluding carboxylic acids is 1. The molecule has 0 aliphatic carbocycles. The van der Waals surface area contributed by atoms with Crippen LogP contribution >= 0.6 is 12.4 Å². The smallest absolute Gasteiger partial charge is 0.337 e. The molecule has 8 nitrogen and oxygen atoms in total. The summed E-state index contributed by atoms with van der Waals surface area (Å²) in [5, 5.41) is 0. The van der Waals surface area contributed by atoms with E-state index in [-0.39, 0.29) is 36.0 Å². The van der Waals surface area contributed by atoms with Crippen LogP contribution in [0.15, 0.2) is 59.5 Å². The lowest BCUT2D eigenvalue weighted by Crippen LogP contribution is -2.40. The Bertz CT molecular complexity index is 1330. The summed E-state index contributed by atoms with van der Waals surface area (Å²) in [6, 6.07) is 9.49. The number of nitrogens with two attached hydrogens (primary N) is 1. The van der Waals surface area contributed by atoms with Gasteiger partial charge >= 0.3 is 5.97 Å². The number of halogens is 2. The Labute approximate surface area is 204 Å². The molecule has 34 heavy (non-hydrogen) atoms. The second-order valence-electron chi connectivity index (χ2n) is 8.53. The molecule has 0 aliphatic heterocycles. The second kappa shape index (κ2) is 10.6. The summed E-state index contributed by atoms with van der Waals surface area (Å²) in [7, 11) is -2.52. The lowest BCUT2D eigenvalue weighted by molar-refractivity contribution is 0.0601. The molecule has 0 unspecified atom stereocenters. The number of hydrogen-bond donors (Lipinski definition) is 2. The SMILES string of the molecule is COC(=O)c1cc(-c2cccc(S(=O)(=O)NC(C)(C)C)c2)c2ncn(C/C(F)=C/CN)c2c1.Cl. The number of methoxy groups -OCH3 is 1. The maximum Gasteiger partial charge on any atom is 0.337 e. The first kappa shape index (κ1) is 27.5. The van der Waals surface area contributed by atoms with Crippen molar-refractivity contribution in [3.8, 4) is 11.1 Å². The number of aromatic nitrogens is 2. The van der Waals surface area contributed by atoms with Gasteiger partial charge in [-0.2, -0.15) is 0 Å². The van der Waals surface area contributed by atoms with Gasteiger partial charge in [0.05, 0.1) is 41.5 Å². The van der Waals surface area contributed by atoms with E-state index in [1.807, 2.05) is 0 Å². The van der Waals surface area contributed by atoms with Crippen LogP contribution in [-0.2, 0) is 21.3 Å². The average Bonchev–Trinajstić information content (AvgIpc) is 3.13. The molecule has 0 fully saturated rings. The topological polar surface area (TPSA) is 116 Å². The number of ether oxygens (including phenoxy) is 1. The molecule has 0 radical (unpaired) electrons. The zero-order chi connectivity index (χ0) is 24.4. The minimum atomic E-state index is -3.79. The molecule has 0 spiro atoms.